The fraction of sp³-hybridized carbons (Fsp3) is 0.556. The minimum atomic E-state index is -0.487. The quantitative estimate of drug-likeness (QED) is 0.814. The second-order valence-electron chi connectivity index (χ2n) is 3.56. The Morgan fingerprint density at radius 2 is 2.35 bits per heavy atom. The van der Waals surface area contributed by atoms with Crippen LogP contribution in [0.25, 0.3) is 0 Å². The number of thioether (sulfide) groups is 1. The van der Waals surface area contributed by atoms with Crippen LogP contribution in [-0.2, 0) is 9.59 Å². The second kappa shape index (κ2) is 5.46. The van der Waals surface area contributed by atoms with Gasteiger partial charge in [0.1, 0.15) is 11.0 Å². The van der Waals surface area contributed by atoms with Crippen molar-refractivity contribution in [1.29, 1.82) is 0 Å². The third-order valence-corrected chi connectivity index (χ3v) is 3.98. The number of amides is 2. The van der Waals surface area contributed by atoms with E-state index in [-0.39, 0.29) is 11.8 Å². The normalized spacial score (nSPS) is 20.5. The first-order valence-corrected chi connectivity index (χ1v) is 7.10. The van der Waals surface area contributed by atoms with Gasteiger partial charge in [-0.15, -0.1) is 10.2 Å². The Labute approximate surface area is 107 Å². The molecule has 0 aliphatic carbocycles. The Bertz CT molecular complexity index is 434. The van der Waals surface area contributed by atoms with Crippen molar-refractivity contribution < 1.29 is 9.59 Å². The van der Waals surface area contributed by atoms with Crippen molar-refractivity contribution in [2.24, 2.45) is 0 Å². The van der Waals surface area contributed by atoms with Gasteiger partial charge in [0.2, 0.25) is 16.9 Å². The number of carbonyl (C=O) groups is 2. The molecule has 92 valence electrons. The van der Waals surface area contributed by atoms with Crippen molar-refractivity contribution in [3.05, 3.63) is 5.01 Å². The number of hydrogen-bond acceptors (Lipinski definition) is 6. The van der Waals surface area contributed by atoms with Gasteiger partial charge in [-0.25, -0.2) is 0 Å². The summed E-state index contributed by atoms with van der Waals surface area (Å²) in [6, 6.07) is -0.487. The first-order valence-electron chi connectivity index (χ1n) is 5.13. The molecule has 2 N–H and O–H groups in total. The van der Waals surface area contributed by atoms with Gasteiger partial charge in [0.05, 0.1) is 0 Å². The molecule has 1 aromatic rings. The van der Waals surface area contributed by atoms with Gasteiger partial charge in [0, 0.05) is 17.9 Å². The standard InChI is InChI=1S/C9H12N4O2S2/c1-5-12-13-9(17-5)11-8(15)6-4-16-3-2-7(14)10-6/h6H,2-4H2,1H3,(H,10,14)(H,11,13,15). The molecule has 1 aromatic heterocycles. The minimum absolute atomic E-state index is 0.0800. The molecule has 1 aliphatic rings. The molecule has 1 aliphatic heterocycles. The van der Waals surface area contributed by atoms with Crippen molar-refractivity contribution in [3.63, 3.8) is 0 Å². The van der Waals surface area contributed by atoms with Crippen LogP contribution < -0.4 is 10.6 Å². The summed E-state index contributed by atoms with van der Waals surface area (Å²) in [6.45, 7) is 1.82. The second-order valence-corrected chi connectivity index (χ2v) is 5.89. The number of carbonyl (C=O) groups excluding carboxylic acids is 2. The zero-order valence-electron chi connectivity index (χ0n) is 9.23. The van der Waals surface area contributed by atoms with Crippen LogP contribution in [0.1, 0.15) is 11.4 Å². The molecule has 0 spiro atoms. The van der Waals surface area contributed by atoms with E-state index in [0.717, 1.165) is 10.8 Å². The number of anilines is 1. The van der Waals surface area contributed by atoms with Gasteiger partial charge in [-0.05, 0) is 6.92 Å². The smallest absolute Gasteiger partial charge is 0.249 e. The molecule has 8 heteroatoms. The van der Waals surface area contributed by atoms with Crippen LogP contribution in [0.4, 0.5) is 5.13 Å². The van der Waals surface area contributed by atoms with Crippen molar-refractivity contribution in [2.45, 2.75) is 19.4 Å². The number of nitrogens with zero attached hydrogens (tertiary/aromatic N) is 2. The van der Waals surface area contributed by atoms with E-state index in [1.807, 2.05) is 6.92 Å². The molecule has 6 nitrogen and oxygen atoms in total. The van der Waals surface area contributed by atoms with Crippen LogP contribution in [0.5, 0.6) is 0 Å². The molecule has 2 rings (SSSR count). The van der Waals surface area contributed by atoms with Gasteiger partial charge in [0.15, 0.2) is 0 Å². The first kappa shape index (κ1) is 12.3. The van der Waals surface area contributed by atoms with E-state index in [0.29, 0.717) is 17.3 Å². The van der Waals surface area contributed by atoms with Gasteiger partial charge in [0.25, 0.3) is 0 Å². The molecule has 0 saturated carbocycles. The monoisotopic (exact) mass is 272 g/mol. The summed E-state index contributed by atoms with van der Waals surface area (Å²) in [4.78, 5) is 23.2. The van der Waals surface area contributed by atoms with Crippen molar-refractivity contribution >= 4 is 40.0 Å². The largest absolute Gasteiger partial charge is 0.343 e. The summed E-state index contributed by atoms with van der Waals surface area (Å²) in [7, 11) is 0. The number of aromatic nitrogens is 2. The maximum absolute atomic E-state index is 11.9. The Morgan fingerprint density at radius 3 is 3.06 bits per heavy atom. The number of aryl methyl sites for hydroxylation is 1. The predicted octanol–water partition coefficient (Wildman–Crippen LogP) is 0.407. The van der Waals surface area contributed by atoms with E-state index in [9.17, 15) is 9.59 Å². The molecule has 0 radical (unpaired) electrons. The lowest BCUT2D eigenvalue weighted by atomic mass is 10.3. The number of hydrogen-bond donors (Lipinski definition) is 2. The SMILES string of the molecule is Cc1nnc(NC(=O)C2CSCCC(=O)N2)s1. The van der Waals surface area contributed by atoms with Crippen LogP contribution >= 0.6 is 23.1 Å². The highest BCUT2D eigenvalue weighted by molar-refractivity contribution is 7.99. The highest BCUT2D eigenvalue weighted by Gasteiger charge is 2.24. The van der Waals surface area contributed by atoms with Gasteiger partial charge >= 0.3 is 0 Å². The number of rotatable bonds is 2. The van der Waals surface area contributed by atoms with Crippen molar-refractivity contribution in [1.82, 2.24) is 15.5 Å². The highest BCUT2D eigenvalue weighted by atomic mass is 32.2. The molecule has 1 saturated heterocycles. The molecule has 17 heavy (non-hydrogen) atoms. The molecular weight excluding hydrogens is 260 g/mol. The fourth-order valence-corrected chi connectivity index (χ4v) is 2.92. The minimum Gasteiger partial charge on any atom is -0.343 e. The average molecular weight is 272 g/mol. The maximum Gasteiger partial charge on any atom is 0.249 e. The summed E-state index contributed by atoms with van der Waals surface area (Å²) in [5.41, 5.74) is 0. The lowest BCUT2D eigenvalue weighted by Crippen LogP contribution is -2.44. The first-order chi connectivity index (χ1) is 8.15. The predicted molar refractivity (Wildman–Crippen MR) is 67.1 cm³/mol. The van der Waals surface area contributed by atoms with E-state index in [1.165, 1.54) is 11.3 Å². The molecule has 2 amide bonds. The lowest BCUT2D eigenvalue weighted by molar-refractivity contribution is -0.125. The van der Waals surface area contributed by atoms with E-state index >= 15 is 0 Å². The molecule has 0 aromatic carbocycles. The highest BCUT2D eigenvalue weighted by Crippen LogP contribution is 2.15. The van der Waals surface area contributed by atoms with E-state index in [2.05, 4.69) is 20.8 Å². The summed E-state index contributed by atoms with van der Waals surface area (Å²) >= 11 is 2.91. The fourth-order valence-electron chi connectivity index (χ4n) is 1.36. The Morgan fingerprint density at radius 1 is 1.53 bits per heavy atom. The molecule has 1 fully saturated rings. The Hall–Kier alpha value is -1.15. The average Bonchev–Trinajstić information content (AvgIpc) is 2.56. The van der Waals surface area contributed by atoms with Crippen LogP contribution in [0.15, 0.2) is 0 Å². The Kier molecular flexibility index (Phi) is 3.95. The van der Waals surface area contributed by atoms with Gasteiger partial charge in [-0.1, -0.05) is 11.3 Å². The van der Waals surface area contributed by atoms with E-state index < -0.39 is 6.04 Å². The van der Waals surface area contributed by atoms with E-state index in [4.69, 9.17) is 0 Å². The van der Waals surface area contributed by atoms with Crippen molar-refractivity contribution in [2.75, 3.05) is 16.8 Å². The third kappa shape index (κ3) is 3.40. The summed E-state index contributed by atoms with van der Waals surface area (Å²) in [6.07, 6.45) is 0.465. The van der Waals surface area contributed by atoms with Gasteiger partial charge < -0.3 is 5.32 Å². The Balaban J connectivity index is 1.96. The summed E-state index contributed by atoms with van der Waals surface area (Å²) < 4.78 is 0. The zero-order chi connectivity index (χ0) is 12.3. The third-order valence-electron chi connectivity index (χ3n) is 2.17. The summed E-state index contributed by atoms with van der Waals surface area (Å²) in [5, 5.41) is 14.2. The van der Waals surface area contributed by atoms with Crippen LogP contribution in [0, 0.1) is 6.92 Å². The molecular formula is C9H12N4O2S2. The van der Waals surface area contributed by atoms with Crippen molar-refractivity contribution in [3.8, 4) is 0 Å². The van der Waals surface area contributed by atoms with Gasteiger partial charge in [-0.2, -0.15) is 11.8 Å². The zero-order valence-corrected chi connectivity index (χ0v) is 10.9. The van der Waals surface area contributed by atoms with E-state index in [1.54, 1.807) is 11.8 Å². The molecule has 2 heterocycles. The van der Waals surface area contributed by atoms with Crippen LogP contribution in [0.2, 0.25) is 0 Å². The lowest BCUT2D eigenvalue weighted by Gasteiger charge is -2.13. The van der Waals surface area contributed by atoms with Crippen LogP contribution in [0.3, 0.4) is 0 Å². The number of nitrogens with one attached hydrogen (secondary N) is 2. The molecule has 0 bridgehead atoms. The molecule has 1 atom stereocenters. The maximum atomic E-state index is 11.9. The van der Waals surface area contributed by atoms with Crippen LogP contribution in [-0.4, -0.2) is 39.6 Å². The summed E-state index contributed by atoms with van der Waals surface area (Å²) in [5.74, 6) is 1.04. The van der Waals surface area contributed by atoms with Gasteiger partial charge in [-0.3, -0.25) is 14.9 Å². The topological polar surface area (TPSA) is 84.0 Å². The molecule has 1 unspecified atom stereocenters.